The predicted molar refractivity (Wildman–Crippen MR) is 21.8 cm³/mol. The van der Waals surface area contributed by atoms with Crippen LogP contribution >= 0.6 is 0 Å². The van der Waals surface area contributed by atoms with Crippen molar-refractivity contribution in [1.29, 1.82) is 0 Å². The van der Waals surface area contributed by atoms with Crippen LogP contribution in [0.4, 0.5) is 0 Å². The summed E-state index contributed by atoms with van der Waals surface area (Å²) in [6.07, 6.45) is 0. The molecule has 0 fully saturated rings. The third-order valence-electron chi connectivity index (χ3n) is 0. The molecular formula is H5LiO4SiTiZn. The van der Waals surface area contributed by atoms with Gasteiger partial charge in [-0.15, -0.1) is 0 Å². The second kappa shape index (κ2) is 8.99. The molecule has 0 aromatic rings. The van der Waals surface area contributed by atoms with Crippen LogP contribution in [0.2, 0.25) is 0 Å². The zero-order chi connectivity index (χ0) is 4.50. The average molecular weight is 217 g/mol. The van der Waals surface area contributed by atoms with E-state index in [1.54, 1.807) is 0 Å². The van der Waals surface area contributed by atoms with Crippen molar-refractivity contribution >= 4 is 27.9 Å². The number of hydrogen-bond acceptors (Lipinski definition) is 4. The van der Waals surface area contributed by atoms with Gasteiger partial charge in [-0.25, -0.2) is 0 Å². The Hall–Kier alpha value is 1.99. The molecule has 0 amide bonds. The smallest absolute Gasteiger partial charge is 0 e. The molecule has 0 aliphatic rings. The molecule has 4 N–H and O–H groups in total. The molecule has 0 spiro atoms. The molecule has 4 nitrogen and oxygen atoms in total. The van der Waals surface area contributed by atoms with Gasteiger partial charge in [0.2, 0.25) is 0 Å². The van der Waals surface area contributed by atoms with E-state index in [2.05, 4.69) is 0 Å². The van der Waals surface area contributed by atoms with Gasteiger partial charge in [0, 0.05) is 41.2 Å². The molecule has 0 heterocycles. The van der Waals surface area contributed by atoms with Gasteiger partial charge in [0.25, 0.3) is 0 Å². The molecule has 8 heavy (non-hydrogen) atoms. The SMILES string of the molecule is O[Si](O)(O)O.[LiH].[Ti].[Zn]. The van der Waals surface area contributed by atoms with Crippen LogP contribution in [0.1, 0.15) is 0 Å². The summed E-state index contributed by atoms with van der Waals surface area (Å²) in [6.45, 7) is 0. The minimum atomic E-state index is -4.61. The average Bonchev–Trinajstić information content (AvgIpc) is 0.722. The van der Waals surface area contributed by atoms with Crippen LogP contribution in [-0.2, 0) is 41.2 Å². The molecule has 0 saturated heterocycles. The van der Waals surface area contributed by atoms with Gasteiger partial charge in [-0.1, -0.05) is 0 Å². The summed E-state index contributed by atoms with van der Waals surface area (Å²) in [5, 5.41) is 0. The normalized spacial score (nSPS) is 7.50. The van der Waals surface area contributed by atoms with E-state index in [1.165, 1.54) is 0 Å². The van der Waals surface area contributed by atoms with E-state index in [0.717, 1.165) is 0 Å². The first-order valence-electron chi connectivity index (χ1n) is 0.894. The quantitative estimate of drug-likeness (QED) is 0.321. The zero-order valence-electron chi connectivity index (χ0n) is 3.50. The molecule has 0 aromatic heterocycles. The van der Waals surface area contributed by atoms with E-state index in [1.807, 2.05) is 0 Å². The monoisotopic (exact) mass is 216 g/mol. The summed E-state index contributed by atoms with van der Waals surface area (Å²) in [7, 11) is -4.61. The van der Waals surface area contributed by atoms with E-state index in [4.69, 9.17) is 19.2 Å². The molecule has 0 aliphatic carbocycles. The molecule has 40 valence electrons. The number of rotatable bonds is 0. The Morgan fingerprint density at radius 2 is 0.875 bits per heavy atom. The van der Waals surface area contributed by atoms with Crippen LogP contribution in [0.3, 0.4) is 0 Å². The van der Waals surface area contributed by atoms with Gasteiger partial charge >= 0.3 is 27.9 Å². The van der Waals surface area contributed by atoms with Gasteiger partial charge in [0.05, 0.1) is 0 Å². The molecule has 0 aliphatic heterocycles. The fraction of sp³-hybridized carbons (Fsp3) is 0. The Kier molecular flexibility index (Phi) is 25.3. The zero-order valence-corrected chi connectivity index (χ0v) is 9.02. The van der Waals surface area contributed by atoms with Crippen molar-refractivity contribution in [3.8, 4) is 0 Å². The molecule has 0 bridgehead atoms. The topological polar surface area (TPSA) is 80.9 Å². The third kappa shape index (κ3) is 98.5. The molecule has 0 atom stereocenters. The van der Waals surface area contributed by atoms with Gasteiger partial charge in [-0.2, -0.15) is 0 Å². The van der Waals surface area contributed by atoms with Crippen molar-refractivity contribution in [3.05, 3.63) is 0 Å². The Balaban J connectivity index is -0.0000000267. The van der Waals surface area contributed by atoms with Crippen LogP contribution < -0.4 is 0 Å². The third-order valence-corrected chi connectivity index (χ3v) is 0. The minimum Gasteiger partial charge on any atom is 0 e. The maximum Gasteiger partial charge on any atom is 0 e. The minimum absolute atomic E-state index is 0. The molecular weight excluding hydrogens is 212 g/mol. The van der Waals surface area contributed by atoms with Gasteiger partial charge < -0.3 is 19.2 Å². The van der Waals surface area contributed by atoms with Crippen LogP contribution in [0, 0.1) is 0 Å². The van der Waals surface area contributed by atoms with E-state index >= 15 is 0 Å². The van der Waals surface area contributed by atoms with Crippen molar-refractivity contribution in [1.82, 2.24) is 0 Å². The summed E-state index contributed by atoms with van der Waals surface area (Å²) >= 11 is 0. The fourth-order valence-electron chi connectivity index (χ4n) is 0. The van der Waals surface area contributed by atoms with Crippen molar-refractivity contribution in [2.24, 2.45) is 0 Å². The van der Waals surface area contributed by atoms with Crippen LogP contribution in [0.25, 0.3) is 0 Å². The van der Waals surface area contributed by atoms with Crippen LogP contribution in [-0.4, -0.2) is 47.1 Å². The summed E-state index contributed by atoms with van der Waals surface area (Å²) < 4.78 is 0. The van der Waals surface area contributed by atoms with Crippen molar-refractivity contribution in [3.63, 3.8) is 0 Å². The summed E-state index contributed by atoms with van der Waals surface area (Å²) in [6, 6.07) is 0. The van der Waals surface area contributed by atoms with Crippen LogP contribution in [0.5, 0.6) is 0 Å². The number of hydrogen-bond donors (Lipinski definition) is 4. The first-order valence-corrected chi connectivity index (χ1v) is 2.68. The maximum absolute atomic E-state index is 7.33. The van der Waals surface area contributed by atoms with Crippen molar-refractivity contribution < 1.29 is 60.4 Å². The van der Waals surface area contributed by atoms with E-state index in [0.29, 0.717) is 0 Å². The summed E-state index contributed by atoms with van der Waals surface area (Å²) in [5.74, 6) is 0. The fourth-order valence-corrected chi connectivity index (χ4v) is 0. The molecule has 0 aromatic carbocycles. The van der Waals surface area contributed by atoms with Crippen LogP contribution in [0.15, 0.2) is 0 Å². The van der Waals surface area contributed by atoms with E-state index in [9.17, 15) is 0 Å². The van der Waals surface area contributed by atoms with Gasteiger partial charge in [-0.3, -0.25) is 0 Å². The Labute approximate surface area is 87.6 Å². The standard InChI is InChI=1S/Li.H4O4Si.Ti.Zn.H/c;1-5(2,3)4;;;/h;1-4H;;;. The molecule has 0 saturated carbocycles. The van der Waals surface area contributed by atoms with Crippen molar-refractivity contribution in [2.75, 3.05) is 0 Å². The van der Waals surface area contributed by atoms with E-state index < -0.39 is 9.05 Å². The largest absolute Gasteiger partial charge is 0 e. The Morgan fingerprint density at radius 3 is 0.875 bits per heavy atom. The summed E-state index contributed by atoms with van der Waals surface area (Å²) in [4.78, 5) is 29.3. The first-order chi connectivity index (χ1) is 2.00. The summed E-state index contributed by atoms with van der Waals surface area (Å²) in [5.41, 5.74) is 0. The van der Waals surface area contributed by atoms with E-state index in [-0.39, 0.29) is 60.1 Å². The Morgan fingerprint density at radius 1 is 0.875 bits per heavy atom. The Bertz CT molecular complexity index is 31.5. The van der Waals surface area contributed by atoms with Gasteiger partial charge in [0.1, 0.15) is 0 Å². The molecule has 0 radical (unpaired) electrons. The molecule has 0 unspecified atom stereocenters. The molecule has 8 heteroatoms. The first kappa shape index (κ1) is 22.5. The second-order valence-corrected chi connectivity index (χ2v) is 1.80. The molecule has 0 rings (SSSR count). The van der Waals surface area contributed by atoms with Gasteiger partial charge in [0.15, 0.2) is 0 Å². The maximum atomic E-state index is 7.33. The van der Waals surface area contributed by atoms with Crippen molar-refractivity contribution in [2.45, 2.75) is 0 Å². The predicted octanol–water partition coefficient (Wildman–Crippen LogP) is -3.26. The second-order valence-electron chi connectivity index (χ2n) is 0.600. The van der Waals surface area contributed by atoms with Gasteiger partial charge in [-0.05, 0) is 0 Å².